The molecule has 1 aliphatic heterocycles. The highest BCUT2D eigenvalue weighted by Crippen LogP contribution is 2.27. The van der Waals surface area contributed by atoms with Gasteiger partial charge in [-0.2, -0.15) is 0 Å². The highest BCUT2D eigenvalue weighted by molar-refractivity contribution is 5.68. The fourth-order valence-electron chi connectivity index (χ4n) is 3.39. The second kappa shape index (κ2) is 5.94. The first-order chi connectivity index (χ1) is 9.72. The van der Waals surface area contributed by atoms with Gasteiger partial charge in [0, 0.05) is 19.1 Å². The molecule has 1 fully saturated rings. The van der Waals surface area contributed by atoms with E-state index in [0.717, 1.165) is 38.8 Å². The summed E-state index contributed by atoms with van der Waals surface area (Å²) in [4.78, 5) is 13.0. The van der Waals surface area contributed by atoms with E-state index < -0.39 is 5.97 Å². The normalized spacial score (nSPS) is 21.0. The van der Waals surface area contributed by atoms with Crippen molar-refractivity contribution in [1.29, 1.82) is 0 Å². The van der Waals surface area contributed by atoms with Crippen LogP contribution in [0.5, 0.6) is 0 Å². The number of carbonyl (C=O) groups is 1. The Morgan fingerprint density at radius 1 is 1.20 bits per heavy atom. The summed E-state index contributed by atoms with van der Waals surface area (Å²) < 4.78 is 5.39. The molecule has 1 aromatic rings. The van der Waals surface area contributed by atoms with Crippen LogP contribution in [0, 0.1) is 0 Å². The van der Waals surface area contributed by atoms with E-state index in [1.807, 2.05) is 0 Å². The Hall–Kier alpha value is -1.39. The average molecular weight is 275 g/mol. The van der Waals surface area contributed by atoms with Crippen LogP contribution in [0.2, 0.25) is 0 Å². The summed E-state index contributed by atoms with van der Waals surface area (Å²) in [5.41, 5.74) is 2.98. The van der Waals surface area contributed by atoms with E-state index in [4.69, 9.17) is 9.84 Å². The Bertz CT molecular complexity index is 455. The standard InChI is InChI=1S/C16H21NO3/c18-16(19)11-20-15-5-7-17(8-6-15)14-9-12-3-1-2-4-13(12)10-14/h1-4,14-15H,5-11H2,(H,18,19). The van der Waals surface area contributed by atoms with Gasteiger partial charge in [0.2, 0.25) is 0 Å². The van der Waals surface area contributed by atoms with Gasteiger partial charge < -0.3 is 9.84 Å². The van der Waals surface area contributed by atoms with Crippen molar-refractivity contribution in [3.63, 3.8) is 0 Å². The van der Waals surface area contributed by atoms with Gasteiger partial charge in [-0.3, -0.25) is 4.90 Å². The summed E-state index contributed by atoms with van der Waals surface area (Å²) >= 11 is 0. The topological polar surface area (TPSA) is 49.8 Å². The first kappa shape index (κ1) is 13.6. The van der Waals surface area contributed by atoms with E-state index in [1.165, 1.54) is 11.1 Å². The SMILES string of the molecule is O=C(O)COC1CCN(C2Cc3ccccc3C2)CC1. The molecule has 0 amide bonds. The molecule has 1 aliphatic carbocycles. The number of likely N-dealkylation sites (tertiary alicyclic amines) is 1. The van der Waals surface area contributed by atoms with Gasteiger partial charge in [0.05, 0.1) is 6.10 Å². The highest BCUT2D eigenvalue weighted by Gasteiger charge is 2.29. The van der Waals surface area contributed by atoms with Crippen molar-refractivity contribution in [2.75, 3.05) is 19.7 Å². The number of hydrogen-bond acceptors (Lipinski definition) is 3. The summed E-state index contributed by atoms with van der Waals surface area (Å²) in [5.74, 6) is -0.876. The lowest BCUT2D eigenvalue weighted by Crippen LogP contribution is -2.44. The number of rotatable bonds is 4. The maximum Gasteiger partial charge on any atom is 0.329 e. The summed E-state index contributed by atoms with van der Waals surface area (Å²) in [6.07, 6.45) is 4.31. The van der Waals surface area contributed by atoms with Crippen LogP contribution in [-0.4, -0.2) is 47.8 Å². The van der Waals surface area contributed by atoms with Gasteiger partial charge in [-0.25, -0.2) is 4.79 Å². The molecule has 4 heteroatoms. The second-order valence-electron chi connectivity index (χ2n) is 5.77. The molecule has 4 nitrogen and oxygen atoms in total. The minimum atomic E-state index is -0.876. The van der Waals surface area contributed by atoms with Gasteiger partial charge >= 0.3 is 5.97 Å². The average Bonchev–Trinajstić information content (AvgIpc) is 2.89. The first-order valence-electron chi connectivity index (χ1n) is 7.36. The number of nitrogens with zero attached hydrogens (tertiary/aromatic N) is 1. The third kappa shape index (κ3) is 3.02. The summed E-state index contributed by atoms with van der Waals surface area (Å²) in [5, 5.41) is 8.63. The van der Waals surface area contributed by atoms with Crippen LogP contribution in [0.3, 0.4) is 0 Å². The van der Waals surface area contributed by atoms with Gasteiger partial charge in [-0.15, -0.1) is 0 Å². The molecule has 108 valence electrons. The molecule has 0 spiro atoms. The smallest absolute Gasteiger partial charge is 0.329 e. The van der Waals surface area contributed by atoms with E-state index in [9.17, 15) is 4.79 Å². The molecule has 1 N–H and O–H groups in total. The Morgan fingerprint density at radius 2 is 1.80 bits per heavy atom. The lowest BCUT2D eigenvalue weighted by Gasteiger charge is -2.35. The van der Waals surface area contributed by atoms with Crippen molar-refractivity contribution >= 4 is 5.97 Å². The molecule has 3 rings (SSSR count). The predicted molar refractivity (Wildman–Crippen MR) is 75.8 cm³/mol. The molecule has 1 saturated heterocycles. The van der Waals surface area contributed by atoms with E-state index >= 15 is 0 Å². The molecule has 0 bridgehead atoms. The van der Waals surface area contributed by atoms with Crippen LogP contribution >= 0.6 is 0 Å². The number of piperidine rings is 1. The molecule has 0 radical (unpaired) electrons. The van der Waals surface area contributed by atoms with Crippen molar-refractivity contribution in [3.05, 3.63) is 35.4 Å². The number of benzene rings is 1. The lowest BCUT2D eigenvalue weighted by molar-refractivity contribution is -0.145. The van der Waals surface area contributed by atoms with Gasteiger partial charge in [0.15, 0.2) is 0 Å². The van der Waals surface area contributed by atoms with E-state index in [0.29, 0.717) is 6.04 Å². The summed E-state index contributed by atoms with van der Waals surface area (Å²) in [6.45, 7) is 1.87. The third-order valence-corrected chi connectivity index (χ3v) is 4.46. The zero-order chi connectivity index (χ0) is 13.9. The highest BCUT2D eigenvalue weighted by atomic mass is 16.5. The quantitative estimate of drug-likeness (QED) is 0.909. The van der Waals surface area contributed by atoms with Crippen molar-refractivity contribution in [2.24, 2.45) is 0 Å². The number of carboxylic acid groups (broad SMARTS) is 1. The molecule has 1 heterocycles. The fraction of sp³-hybridized carbons (Fsp3) is 0.562. The first-order valence-corrected chi connectivity index (χ1v) is 7.36. The molecule has 0 aromatic heterocycles. The van der Waals surface area contributed by atoms with Crippen LogP contribution in [0.15, 0.2) is 24.3 Å². The van der Waals surface area contributed by atoms with Crippen LogP contribution < -0.4 is 0 Å². The summed E-state index contributed by atoms with van der Waals surface area (Å²) in [7, 11) is 0. The Morgan fingerprint density at radius 3 is 2.35 bits per heavy atom. The maximum atomic E-state index is 10.5. The van der Waals surface area contributed by atoms with Gasteiger partial charge in [0.25, 0.3) is 0 Å². The van der Waals surface area contributed by atoms with Crippen molar-refractivity contribution in [3.8, 4) is 0 Å². The van der Waals surface area contributed by atoms with Crippen molar-refractivity contribution in [2.45, 2.75) is 37.8 Å². The van der Waals surface area contributed by atoms with E-state index in [-0.39, 0.29) is 12.7 Å². The zero-order valence-corrected chi connectivity index (χ0v) is 11.6. The van der Waals surface area contributed by atoms with E-state index in [1.54, 1.807) is 0 Å². The Kier molecular flexibility index (Phi) is 4.03. The van der Waals surface area contributed by atoms with Crippen LogP contribution in [0.25, 0.3) is 0 Å². The summed E-state index contributed by atoms with van der Waals surface area (Å²) in [6, 6.07) is 9.32. The van der Waals surface area contributed by atoms with Gasteiger partial charge in [0.1, 0.15) is 6.61 Å². The molecule has 0 unspecified atom stereocenters. The molecule has 1 aromatic carbocycles. The van der Waals surface area contributed by atoms with Crippen LogP contribution in [-0.2, 0) is 22.4 Å². The number of carboxylic acids is 1. The monoisotopic (exact) mass is 275 g/mol. The molecule has 2 aliphatic rings. The molecule has 0 atom stereocenters. The fourth-order valence-corrected chi connectivity index (χ4v) is 3.39. The van der Waals surface area contributed by atoms with Crippen molar-refractivity contribution < 1.29 is 14.6 Å². The molecular formula is C16H21NO3. The van der Waals surface area contributed by atoms with Crippen molar-refractivity contribution in [1.82, 2.24) is 4.90 Å². The maximum absolute atomic E-state index is 10.5. The predicted octanol–water partition coefficient (Wildman–Crippen LogP) is 1.72. The largest absolute Gasteiger partial charge is 0.480 e. The number of aliphatic carboxylic acids is 1. The third-order valence-electron chi connectivity index (χ3n) is 4.46. The number of fused-ring (bicyclic) bond motifs is 1. The van der Waals surface area contributed by atoms with Crippen LogP contribution in [0.1, 0.15) is 24.0 Å². The second-order valence-corrected chi connectivity index (χ2v) is 5.77. The molecule has 20 heavy (non-hydrogen) atoms. The number of ether oxygens (including phenoxy) is 1. The van der Waals surface area contributed by atoms with Gasteiger partial charge in [-0.05, 0) is 36.8 Å². The zero-order valence-electron chi connectivity index (χ0n) is 11.6. The van der Waals surface area contributed by atoms with Gasteiger partial charge in [-0.1, -0.05) is 24.3 Å². The molecular weight excluding hydrogens is 254 g/mol. The minimum Gasteiger partial charge on any atom is -0.480 e. The molecule has 0 saturated carbocycles. The lowest BCUT2D eigenvalue weighted by atomic mass is 10.0. The minimum absolute atomic E-state index is 0.117. The Labute approximate surface area is 119 Å². The van der Waals surface area contributed by atoms with E-state index in [2.05, 4.69) is 29.2 Å². The number of hydrogen-bond donors (Lipinski definition) is 1. The van der Waals surface area contributed by atoms with Crippen LogP contribution in [0.4, 0.5) is 0 Å². The Balaban J connectivity index is 1.49.